The maximum Gasteiger partial charge on any atom is 0.241 e. The number of carbonyl (C=O) groups excluding carboxylic acids is 1. The van der Waals surface area contributed by atoms with Gasteiger partial charge in [0.1, 0.15) is 12.4 Å². The van der Waals surface area contributed by atoms with E-state index in [0.717, 1.165) is 23.4 Å². The first kappa shape index (κ1) is 14.9. The molecule has 9 heteroatoms. The Balaban J connectivity index is 1.60. The molecule has 0 saturated carbocycles. The van der Waals surface area contributed by atoms with Gasteiger partial charge in [-0.3, -0.25) is 4.79 Å². The Bertz CT molecular complexity index is 821. The van der Waals surface area contributed by atoms with Gasteiger partial charge in [0.25, 0.3) is 0 Å². The molecule has 3 rings (SSSR count). The normalized spacial score (nSPS) is 11.0. The lowest BCUT2D eigenvalue weighted by Crippen LogP contribution is -2.30. The number of tetrazole rings is 1. The molecule has 3 N–H and O–H groups in total. The fourth-order valence-electron chi connectivity index (χ4n) is 2.50. The second-order valence-corrected chi connectivity index (χ2v) is 5.06. The van der Waals surface area contributed by atoms with Gasteiger partial charge in [-0.1, -0.05) is 17.2 Å². The summed E-state index contributed by atoms with van der Waals surface area (Å²) in [5, 5.41) is 13.4. The number of carbonyl (C=O) groups is 1. The zero-order valence-corrected chi connectivity index (χ0v) is 12.8. The average molecular weight is 314 g/mol. The van der Waals surface area contributed by atoms with E-state index in [9.17, 15) is 4.79 Å². The Hall–Kier alpha value is -2.97. The van der Waals surface area contributed by atoms with Crippen molar-refractivity contribution in [3.05, 3.63) is 30.1 Å². The molecule has 0 aliphatic carbocycles. The van der Waals surface area contributed by atoms with Gasteiger partial charge in [-0.05, 0) is 29.5 Å². The topological polar surface area (TPSA) is 117 Å². The smallest absolute Gasteiger partial charge is 0.241 e. The second kappa shape index (κ2) is 6.42. The quantitative estimate of drug-likeness (QED) is 0.660. The molecule has 0 saturated heterocycles. The molecule has 0 fully saturated rings. The minimum Gasteiger partial charge on any atom is -0.367 e. The lowest BCUT2D eigenvalue weighted by molar-refractivity contribution is -0.121. The average Bonchev–Trinajstić information content (AvgIpc) is 3.10. The molecule has 0 aliphatic heterocycles. The first-order valence-corrected chi connectivity index (χ1v) is 7.41. The van der Waals surface area contributed by atoms with Gasteiger partial charge in [0.15, 0.2) is 0 Å². The number of hydrogen-bond donors (Lipinski definition) is 2. The maximum absolute atomic E-state index is 11.9. The second-order valence-electron chi connectivity index (χ2n) is 5.06. The monoisotopic (exact) mass is 314 g/mol. The molecule has 9 nitrogen and oxygen atoms in total. The van der Waals surface area contributed by atoms with Crippen LogP contribution in [0.25, 0.3) is 11.0 Å². The van der Waals surface area contributed by atoms with Crippen molar-refractivity contribution in [2.45, 2.75) is 26.4 Å². The fraction of sp³-hybridized carbons (Fsp3) is 0.357. The number of para-hydroxylation sites is 2. The predicted octanol–water partition coefficient (Wildman–Crippen LogP) is -0.0162. The highest BCUT2D eigenvalue weighted by Gasteiger charge is 2.10. The molecule has 0 bridgehead atoms. The van der Waals surface area contributed by atoms with Crippen molar-refractivity contribution in [1.29, 1.82) is 0 Å². The molecule has 1 amide bonds. The highest BCUT2D eigenvalue weighted by Crippen LogP contribution is 2.15. The highest BCUT2D eigenvalue weighted by molar-refractivity contribution is 5.76. The maximum atomic E-state index is 11.9. The first-order chi connectivity index (χ1) is 11.2. The zero-order chi connectivity index (χ0) is 16.2. The van der Waals surface area contributed by atoms with Crippen LogP contribution in [0.1, 0.15) is 12.7 Å². The van der Waals surface area contributed by atoms with E-state index in [1.807, 2.05) is 18.2 Å². The van der Waals surface area contributed by atoms with Gasteiger partial charge in [-0.15, -0.1) is 0 Å². The molecule has 0 aliphatic rings. The molecule has 3 aromatic rings. The number of nitrogen functional groups attached to an aromatic ring is 1. The number of nitrogens with two attached hydrogens (primary N) is 1. The van der Waals surface area contributed by atoms with Crippen molar-refractivity contribution in [3.63, 3.8) is 0 Å². The van der Waals surface area contributed by atoms with E-state index in [1.165, 1.54) is 4.68 Å². The molecule has 2 aromatic heterocycles. The Morgan fingerprint density at radius 2 is 2.17 bits per heavy atom. The van der Waals surface area contributed by atoms with Crippen molar-refractivity contribution < 1.29 is 4.79 Å². The van der Waals surface area contributed by atoms with E-state index in [4.69, 9.17) is 5.73 Å². The first-order valence-electron chi connectivity index (χ1n) is 7.41. The number of hydrogen-bond acceptors (Lipinski definition) is 6. The van der Waals surface area contributed by atoms with E-state index < -0.39 is 0 Å². The molecular weight excluding hydrogens is 296 g/mol. The SMILES string of the molecule is CCn1c(CCNC(=O)Cn2nnnc2N)nc2ccccc21. The molecule has 2 heterocycles. The number of fused-ring (bicyclic) bond motifs is 1. The summed E-state index contributed by atoms with van der Waals surface area (Å²) in [4.78, 5) is 16.5. The van der Waals surface area contributed by atoms with Gasteiger partial charge in [-0.2, -0.15) is 0 Å². The van der Waals surface area contributed by atoms with Crippen LogP contribution in [0.5, 0.6) is 0 Å². The summed E-state index contributed by atoms with van der Waals surface area (Å²) in [6, 6.07) is 8.01. The standard InChI is InChI=1S/C14H18N8O/c1-2-21-11-6-4-3-5-10(11)17-12(21)7-8-16-13(23)9-22-14(15)18-19-20-22/h3-6H,2,7-9H2,1H3,(H,16,23)(H2,15,18,20). The summed E-state index contributed by atoms with van der Waals surface area (Å²) < 4.78 is 3.40. The fourth-order valence-corrected chi connectivity index (χ4v) is 2.50. The lowest BCUT2D eigenvalue weighted by atomic mass is 10.3. The Morgan fingerprint density at radius 1 is 1.35 bits per heavy atom. The number of nitrogens with zero attached hydrogens (tertiary/aromatic N) is 6. The lowest BCUT2D eigenvalue weighted by Gasteiger charge is -2.07. The zero-order valence-electron chi connectivity index (χ0n) is 12.8. The summed E-state index contributed by atoms with van der Waals surface area (Å²) in [6.07, 6.45) is 0.652. The third kappa shape index (κ3) is 3.12. The molecule has 120 valence electrons. The number of aryl methyl sites for hydroxylation is 1. The highest BCUT2D eigenvalue weighted by atomic mass is 16.2. The third-order valence-electron chi connectivity index (χ3n) is 3.57. The van der Waals surface area contributed by atoms with Crippen LogP contribution in [0.15, 0.2) is 24.3 Å². The summed E-state index contributed by atoms with van der Waals surface area (Å²) >= 11 is 0. The Labute approximate surface area is 132 Å². The van der Waals surface area contributed by atoms with E-state index in [1.54, 1.807) is 0 Å². The molecule has 0 unspecified atom stereocenters. The van der Waals surface area contributed by atoms with Crippen molar-refractivity contribution in [2.75, 3.05) is 12.3 Å². The van der Waals surface area contributed by atoms with Gasteiger partial charge in [0.05, 0.1) is 11.0 Å². The number of anilines is 1. The minimum absolute atomic E-state index is 0.00300. The van der Waals surface area contributed by atoms with Crippen LogP contribution in [0, 0.1) is 0 Å². The summed E-state index contributed by atoms with van der Waals surface area (Å²) in [5.41, 5.74) is 7.60. The van der Waals surface area contributed by atoms with Gasteiger partial charge in [-0.25, -0.2) is 9.67 Å². The minimum atomic E-state index is -0.192. The molecule has 1 aromatic carbocycles. The third-order valence-corrected chi connectivity index (χ3v) is 3.57. The van der Waals surface area contributed by atoms with Crippen molar-refractivity contribution in [2.24, 2.45) is 0 Å². The predicted molar refractivity (Wildman–Crippen MR) is 84.4 cm³/mol. The van der Waals surface area contributed by atoms with E-state index in [2.05, 4.69) is 43.4 Å². The Morgan fingerprint density at radius 3 is 2.91 bits per heavy atom. The number of benzene rings is 1. The van der Waals surface area contributed by atoms with Gasteiger partial charge in [0.2, 0.25) is 11.9 Å². The van der Waals surface area contributed by atoms with E-state index in [0.29, 0.717) is 13.0 Å². The number of amides is 1. The van der Waals surface area contributed by atoms with Crippen LogP contribution >= 0.6 is 0 Å². The molecule has 23 heavy (non-hydrogen) atoms. The van der Waals surface area contributed by atoms with Crippen LogP contribution in [0.4, 0.5) is 5.95 Å². The molecule has 0 atom stereocenters. The van der Waals surface area contributed by atoms with Crippen molar-refractivity contribution in [1.82, 2.24) is 35.1 Å². The van der Waals surface area contributed by atoms with Crippen LogP contribution in [-0.4, -0.2) is 42.2 Å². The molecule has 0 radical (unpaired) electrons. The van der Waals surface area contributed by atoms with Gasteiger partial charge < -0.3 is 15.6 Å². The number of aromatic nitrogens is 6. The number of nitrogens with one attached hydrogen (secondary N) is 1. The summed E-state index contributed by atoms with van der Waals surface area (Å²) in [7, 11) is 0. The number of rotatable bonds is 6. The van der Waals surface area contributed by atoms with Crippen LogP contribution in [0.2, 0.25) is 0 Å². The van der Waals surface area contributed by atoms with Gasteiger partial charge >= 0.3 is 0 Å². The summed E-state index contributed by atoms with van der Waals surface area (Å²) in [6.45, 7) is 3.41. The van der Waals surface area contributed by atoms with Crippen molar-refractivity contribution in [3.8, 4) is 0 Å². The Kier molecular flexibility index (Phi) is 4.18. The molecular formula is C14H18N8O. The van der Waals surface area contributed by atoms with E-state index in [-0.39, 0.29) is 18.4 Å². The van der Waals surface area contributed by atoms with Crippen LogP contribution in [0.3, 0.4) is 0 Å². The largest absolute Gasteiger partial charge is 0.367 e. The number of imidazole rings is 1. The van der Waals surface area contributed by atoms with Crippen LogP contribution < -0.4 is 11.1 Å². The van der Waals surface area contributed by atoms with Crippen molar-refractivity contribution >= 4 is 22.9 Å². The molecule has 0 spiro atoms. The van der Waals surface area contributed by atoms with Gasteiger partial charge in [0, 0.05) is 19.5 Å². The summed E-state index contributed by atoms with van der Waals surface area (Å²) in [5.74, 6) is 0.882. The van der Waals surface area contributed by atoms with E-state index >= 15 is 0 Å². The van der Waals surface area contributed by atoms with Crippen LogP contribution in [-0.2, 0) is 24.3 Å².